The molecule has 15 heavy (non-hydrogen) atoms. The molecule has 1 N–H and O–H groups in total. The third-order valence-corrected chi connectivity index (χ3v) is 3.11. The van der Waals surface area contributed by atoms with Crippen molar-refractivity contribution in [3.05, 3.63) is 29.3 Å². The van der Waals surface area contributed by atoms with Crippen molar-refractivity contribution in [2.24, 2.45) is 0 Å². The minimum absolute atomic E-state index is 0.209. The molecule has 0 radical (unpaired) electrons. The van der Waals surface area contributed by atoms with Gasteiger partial charge in [-0.2, -0.15) is 0 Å². The summed E-state index contributed by atoms with van der Waals surface area (Å²) in [6, 6.07) is 7.98. The van der Waals surface area contributed by atoms with Gasteiger partial charge in [-0.05, 0) is 45.0 Å². The topological polar surface area (TPSA) is 12.0 Å². The average Bonchev–Trinajstić information content (AvgIpc) is 2.14. The van der Waals surface area contributed by atoms with E-state index in [1.807, 2.05) is 23.9 Å². The molecule has 1 aromatic carbocycles. The van der Waals surface area contributed by atoms with E-state index in [2.05, 4.69) is 38.2 Å². The Morgan fingerprint density at radius 2 is 1.80 bits per heavy atom. The summed E-state index contributed by atoms with van der Waals surface area (Å²) < 4.78 is 0. The number of halogens is 1. The second kappa shape index (κ2) is 5.78. The van der Waals surface area contributed by atoms with Crippen LogP contribution in [0, 0.1) is 0 Å². The summed E-state index contributed by atoms with van der Waals surface area (Å²) in [5, 5.41) is 4.25. The van der Waals surface area contributed by atoms with Crippen LogP contribution < -0.4 is 5.32 Å². The summed E-state index contributed by atoms with van der Waals surface area (Å²) in [6.45, 7) is 7.57. The van der Waals surface area contributed by atoms with Crippen LogP contribution in [0.25, 0.3) is 0 Å². The highest BCUT2D eigenvalue weighted by Gasteiger charge is 2.07. The van der Waals surface area contributed by atoms with Crippen LogP contribution in [0.5, 0.6) is 0 Å². The molecule has 0 unspecified atom stereocenters. The van der Waals surface area contributed by atoms with Crippen LogP contribution in [-0.2, 0) is 0 Å². The molecule has 0 bridgehead atoms. The lowest BCUT2D eigenvalue weighted by atomic mass is 10.1. The number of nitrogens with one attached hydrogen (secondary N) is 1. The Labute approximate surface area is 102 Å². The summed E-state index contributed by atoms with van der Waals surface area (Å²) in [7, 11) is 0. The van der Waals surface area contributed by atoms with Gasteiger partial charge in [-0.1, -0.05) is 11.6 Å². The van der Waals surface area contributed by atoms with Gasteiger partial charge in [-0.3, -0.25) is 0 Å². The van der Waals surface area contributed by atoms with E-state index in [-0.39, 0.29) is 5.54 Å². The van der Waals surface area contributed by atoms with Gasteiger partial charge >= 0.3 is 0 Å². The second-order valence-corrected chi connectivity index (χ2v) is 6.08. The summed E-state index contributed by atoms with van der Waals surface area (Å²) >= 11 is 7.66. The smallest absolute Gasteiger partial charge is 0.0406 e. The van der Waals surface area contributed by atoms with Crippen molar-refractivity contribution in [1.82, 2.24) is 5.32 Å². The van der Waals surface area contributed by atoms with Crippen molar-refractivity contribution in [1.29, 1.82) is 0 Å². The van der Waals surface area contributed by atoms with Gasteiger partial charge in [-0.25, -0.2) is 0 Å². The van der Waals surface area contributed by atoms with Crippen molar-refractivity contribution in [2.75, 3.05) is 12.3 Å². The van der Waals surface area contributed by atoms with E-state index in [4.69, 9.17) is 11.6 Å². The van der Waals surface area contributed by atoms with Crippen molar-refractivity contribution in [2.45, 2.75) is 31.2 Å². The highest BCUT2D eigenvalue weighted by atomic mass is 35.5. The zero-order valence-corrected chi connectivity index (χ0v) is 11.1. The summed E-state index contributed by atoms with van der Waals surface area (Å²) in [5.41, 5.74) is 0.209. The molecule has 0 spiro atoms. The average molecular weight is 244 g/mol. The lowest BCUT2D eigenvalue weighted by Crippen LogP contribution is -2.37. The van der Waals surface area contributed by atoms with Gasteiger partial charge in [-0.15, -0.1) is 11.8 Å². The van der Waals surface area contributed by atoms with Gasteiger partial charge in [0.15, 0.2) is 0 Å². The fourth-order valence-corrected chi connectivity index (χ4v) is 2.02. The molecule has 1 rings (SSSR count). The van der Waals surface area contributed by atoms with Gasteiger partial charge in [0.05, 0.1) is 0 Å². The second-order valence-electron chi connectivity index (χ2n) is 4.48. The molecule has 1 nitrogen and oxygen atoms in total. The minimum Gasteiger partial charge on any atom is -0.311 e. The van der Waals surface area contributed by atoms with Crippen LogP contribution in [0.1, 0.15) is 20.8 Å². The predicted molar refractivity (Wildman–Crippen MR) is 69.9 cm³/mol. The number of hydrogen-bond donors (Lipinski definition) is 1. The van der Waals surface area contributed by atoms with E-state index < -0.39 is 0 Å². The van der Waals surface area contributed by atoms with Crippen LogP contribution in [0.4, 0.5) is 0 Å². The van der Waals surface area contributed by atoms with E-state index in [0.29, 0.717) is 0 Å². The Kier molecular flexibility index (Phi) is 4.97. The molecule has 0 heterocycles. The van der Waals surface area contributed by atoms with E-state index in [9.17, 15) is 0 Å². The Bertz CT molecular complexity index is 289. The third-order valence-electron chi connectivity index (χ3n) is 1.84. The van der Waals surface area contributed by atoms with E-state index >= 15 is 0 Å². The first-order chi connectivity index (χ1) is 6.97. The van der Waals surface area contributed by atoms with Gasteiger partial charge in [0.1, 0.15) is 0 Å². The quantitative estimate of drug-likeness (QED) is 0.638. The molecule has 0 aliphatic carbocycles. The van der Waals surface area contributed by atoms with Gasteiger partial charge in [0.25, 0.3) is 0 Å². The molecule has 0 amide bonds. The number of rotatable bonds is 4. The molecule has 3 heteroatoms. The first-order valence-electron chi connectivity index (χ1n) is 5.11. The van der Waals surface area contributed by atoms with Crippen molar-refractivity contribution < 1.29 is 0 Å². The molecular formula is C12H18ClNS. The van der Waals surface area contributed by atoms with Crippen LogP contribution in [-0.4, -0.2) is 17.8 Å². The standard InChI is InChI=1S/C12H18ClNS/c1-12(2,3)14-8-9-15-11-6-4-10(13)5-7-11/h4-7,14H,8-9H2,1-3H3. The molecule has 0 aromatic heterocycles. The monoisotopic (exact) mass is 243 g/mol. The van der Waals surface area contributed by atoms with Crippen LogP contribution in [0.2, 0.25) is 5.02 Å². The van der Waals surface area contributed by atoms with Crippen molar-refractivity contribution >= 4 is 23.4 Å². The number of benzene rings is 1. The highest BCUT2D eigenvalue weighted by molar-refractivity contribution is 7.99. The predicted octanol–water partition coefficient (Wildman–Crippen LogP) is 3.82. The van der Waals surface area contributed by atoms with E-state index in [1.54, 1.807) is 0 Å². The minimum atomic E-state index is 0.209. The lowest BCUT2D eigenvalue weighted by molar-refractivity contribution is 0.441. The Morgan fingerprint density at radius 3 is 2.33 bits per heavy atom. The maximum absolute atomic E-state index is 5.81. The fraction of sp³-hybridized carbons (Fsp3) is 0.500. The summed E-state index contributed by atoms with van der Waals surface area (Å²) in [4.78, 5) is 1.27. The van der Waals surface area contributed by atoms with Crippen molar-refractivity contribution in [3.63, 3.8) is 0 Å². The van der Waals surface area contributed by atoms with Crippen LogP contribution in [0.3, 0.4) is 0 Å². The van der Waals surface area contributed by atoms with E-state index in [0.717, 1.165) is 17.3 Å². The zero-order chi connectivity index (χ0) is 11.3. The molecule has 0 saturated carbocycles. The van der Waals surface area contributed by atoms with E-state index in [1.165, 1.54) is 4.90 Å². The first-order valence-corrected chi connectivity index (χ1v) is 6.47. The maximum atomic E-state index is 5.81. The number of hydrogen-bond acceptors (Lipinski definition) is 2. The number of thioether (sulfide) groups is 1. The molecule has 0 fully saturated rings. The Morgan fingerprint density at radius 1 is 1.20 bits per heavy atom. The van der Waals surface area contributed by atoms with Crippen LogP contribution >= 0.6 is 23.4 Å². The van der Waals surface area contributed by atoms with Gasteiger partial charge < -0.3 is 5.32 Å². The molecule has 84 valence electrons. The highest BCUT2D eigenvalue weighted by Crippen LogP contribution is 2.19. The normalized spacial score (nSPS) is 11.7. The first kappa shape index (κ1) is 12.9. The molecular weight excluding hydrogens is 226 g/mol. The summed E-state index contributed by atoms with van der Waals surface area (Å²) in [6.07, 6.45) is 0. The summed E-state index contributed by atoms with van der Waals surface area (Å²) in [5.74, 6) is 1.08. The van der Waals surface area contributed by atoms with Gasteiger partial charge in [0, 0.05) is 27.8 Å². The molecule has 0 saturated heterocycles. The van der Waals surface area contributed by atoms with Crippen molar-refractivity contribution in [3.8, 4) is 0 Å². The molecule has 1 aromatic rings. The SMILES string of the molecule is CC(C)(C)NCCSc1ccc(Cl)cc1. The Balaban J connectivity index is 2.23. The van der Waals surface area contributed by atoms with Crippen LogP contribution in [0.15, 0.2) is 29.2 Å². The largest absolute Gasteiger partial charge is 0.311 e. The maximum Gasteiger partial charge on any atom is 0.0406 e. The Hall–Kier alpha value is -0.180. The molecule has 0 atom stereocenters. The molecule has 0 aliphatic rings. The van der Waals surface area contributed by atoms with Gasteiger partial charge in [0.2, 0.25) is 0 Å². The zero-order valence-electron chi connectivity index (χ0n) is 9.51. The third kappa shape index (κ3) is 6.08. The fourth-order valence-electron chi connectivity index (χ4n) is 1.13. The lowest BCUT2D eigenvalue weighted by Gasteiger charge is -2.20. The molecule has 0 aliphatic heterocycles.